The largest absolute Gasteiger partial charge is 0.478 e. The summed E-state index contributed by atoms with van der Waals surface area (Å²) < 4.78 is 5.48. The van der Waals surface area contributed by atoms with Crippen LogP contribution in [0.25, 0.3) is 0 Å². The summed E-state index contributed by atoms with van der Waals surface area (Å²) in [5.41, 5.74) is 0.868. The van der Waals surface area contributed by atoms with E-state index in [1.807, 2.05) is 6.07 Å². The number of aliphatic carboxylic acids is 1. The Morgan fingerprint density at radius 2 is 1.74 bits per heavy atom. The monoisotopic (exact) mass is 276 g/mol. The van der Waals surface area contributed by atoms with E-state index in [4.69, 9.17) is 16.3 Å². The minimum absolute atomic E-state index is 0.293. The Hall–Kier alpha value is -2.00. The van der Waals surface area contributed by atoms with Crippen molar-refractivity contribution < 1.29 is 14.6 Å². The van der Waals surface area contributed by atoms with Crippen LogP contribution in [0.5, 0.6) is 5.75 Å². The van der Waals surface area contributed by atoms with Crippen molar-refractivity contribution in [1.82, 2.24) is 0 Å². The number of carbonyl (C=O) groups is 1. The highest BCUT2D eigenvalue weighted by Gasteiger charge is 2.19. The van der Waals surface area contributed by atoms with E-state index in [0.717, 1.165) is 5.56 Å². The maximum atomic E-state index is 11.2. The molecule has 98 valence electrons. The standard InChI is InChI=1S/C15H13ClO3/c16-12-8-6-11(7-9-12)10-14(15(17)18)19-13-4-2-1-3-5-13/h1-9,14H,10H2,(H,17,18)/t14-/m0/s1. The highest BCUT2D eigenvalue weighted by atomic mass is 35.5. The molecule has 0 saturated heterocycles. The third-order valence-corrected chi connectivity index (χ3v) is 2.88. The van der Waals surface area contributed by atoms with Gasteiger partial charge in [-0.25, -0.2) is 4.79 Å². The predicted molar refractivity (Wildman–Crippen MR) is 73.6 cm³/mol. The fraction of sp³-hybridized carbons (Fsp3) is 0.133. The zero-order chi connectivity index (χ0) is 13.7. The van der Waals surface area contributed by atoms with Gasteiger partial charge in [0, 0.05) is 11.4 Å². The lowest BCUT2D eigenvalue weighted by atomic mass is 10.1. The molecule has 1 atom stereocenters. The molecule has 1 N–H and O–H groups in total. The van der Waals surface area contributed by atoms with Crippen LogP contribution in [0.4, 0.5) is 0 Å². The van der Waals surface area contributed by atoms with E-state index in [2.05, 4.69) is 0 Å². The molecule has 0 spiro atoms. The number of carboxylic acid groups (broad SMARTS) is 1. The van der Waals surface area contributed by atoms with Crippen LogP contribution in [-0.4, -0.2) is 17.2 Å². The summed E-state index contributed by atoms with van der Waals surface area (Å²) in [7, 11) is 0. The van der Waals surface area contributed by atoms with Crippen molar-refractivity contribution in [3.8, 4) is 5.75 Å². The third-order valence-electron chi connectivity index (χ3n) is 2.63. The molecule has 0 radical (unpaired) electrons. The summed E-state index contributed by atoms with van der Waals surface area (Å²) in [5.74, 6) is -0.442. The Morgan fingerprint density at radius 3 is 2.32 bits per heavy atom. The second-order valence-corrected chi connectivity index (χ2v) is 4.52. The number of halogens is 1. The van der Waals surface area contributed by atoms with E-state index in [1.54, 1.807) is 48.5 Å². The van der Waals surface area contributed by atoms with E-state index < -0.39 is 12.1 Å². The van der Waals surface area contributed by atoms with Crippen molar-refractivity contribution in [3.05, 3.63) is 65.2 Å². The summed E-state index contributed by atoms with van der Waals surface area (Å²) in [5, 5.41) is 9.82. The van der Waals surface area contributed by atoms with Gasteiger partial charge in [0.05, 0.1) is 0 Å². The Kier molecular flexibility index (Phi) is 4.42. The lowest BCUT2D eigenvalue weighted by Gasteiger charge is -2.15. The fourth-order valence-corrected chi connectivity index (χ4v) is 1.80. The van der Waals surface area contributed by atoms with E-state index in [9.17, 15) is 9.90 Å². The van der Waals surface area contributed by atoms with Gasteiger partial charge in [0.15, 0.2) is 6.10 Å². The quantitative estimate of drug-likeness (QED) is 0.910. The SMILES string of the molecule is O=C(O)[C@H](Cc1ccc(Cl)cc1)Oc1ccccc1. The second kappa shape index (κ2) is 6.25. The molecular formula is C15H13ClO3. The zero-order valence-electron chi connectivity index (χ0n) is 10.1. The van der Waals surface area contributed by atoms with E-state index in [1.165, 1.54) is 0 Å². The topological polar surface area (TPSA) is 46.5 Å². The maximum absolute atomic E-state index is 11.2. The summed E-state index contributed by atoms with van der Waals surface area (Å²) in [6.07, 6.45) is -0.620. The number of para-hydroxylation sites is 1. The molecule has 0 aromatic heterocycles. The first-order valence-electron chi connectivity index (χ1n) is 5.84. The van der Waals surface area contributed by atoms with Crippen LogP contribution >= 0.6 is 11.6 Å². The molecule has 2 aromatic rings. The molecule has 4 heteroatoms. The predicted octanol–water partition coefficient (Wildman–Crippen LogP) is 3.41. The van der Waals surface area contributed by atoms with Gasteiger partial charge >= 0.3 is 5.97 Å². The van der Waals surface area contributed by atoms with Crippen LogP contribution in [0, 0.1) is 0 Å². The minimum atomic E-state index is -0.987. The molecule has 2 rings (SSSR count). The van der Waals surface area contributed by atoms with Gasteiger partial charge < -0.3 is 9.84 Å². The molecule has 0 saturated carbocycles. The molecule has 19 heavy (non-hydrogen) atoms. The van der Waals surface area contributed by atoms with Gasteiger partial charge in [-0.05, 0) is 29.8 Å². The van der Waals surface area contributed by atoms with Gasteiger partial charge in [0.25, 0.3) is 0 Å². The number of ether oxygens (including phenoxy) is 1. The van der Waals surface area contributed by atoms with Gasteiger partial charge in [0.1, 0.15) is 5.75 Å². The first kappa shape index (κ1) is 13.4. The van der Waals surface area contributed by atoms with Crippen molar-refractivity contribution in [3.63, 3.8) is 0 Å². The fourth-order valence-electron chi connectivity index (χ4n) is 1.68. The average molecular weight is 277 g/mol. The second-order valence-electron chi connectivity index (χ2n) is 4.09. The Morgan fingerprint density at radius 1 is 1.11 bits per heavy atom. The summed E-state index contributed by atoms with van der Waals surface area (Å²) in [4.78, 5) is 11.2. The molecule has 0 bridgehead atoms. The van der Waals surface area contributed by atoms with Gasteiger partial charge in [-0.1, -0.05) is 41.9 Å². The molecule has 0 aliphatic carbocycles. The molecule has 0 amide bonds. The molecule has 0 heterocycles. The van der Waals surface area contributed by atoms with Gasteiger partial charge in [0.2, 0.25) is 0 Å². The molecular weight excluding hydrogens is 264 g/mol. The van der Waals surface area contributed by atoms with Gasteiger partial charge in [-0.15, -0.1) is 0 Å². The van der Waals surface area contributed by atoms with Crippen molar-refractivity contribution in [2.45, 2.75) is 12.5 Å². The maximum Gasteiger partial charge on any atom is 0.345 e. The van der Waals surface area contributed by atoms with Crippen LogP contribution in [-0.2, 0) is 11.2 Å². The van der Waals surface area contributed by atoms with Crippen molar-refractivity contribution >= 4 is 17.6 Å². The van der Waals surface area contributed by atoms with Crippen molar-refractivity contribution in [1.29, 1.82) is 0 Å². The number of hydrogen-bond acceptors (Lipinski definition) is 2. The van der Waals surface area contributed by atoms with Crippen LogP contribution in [0.1, 0.15) is 5.56 Å². The van der Waals surface area contributed by atoms with Crippen molar-refractivity contribution in [2.24, 2.45) is 0 Å². The molecule has 2 aromatic carbocycles. The minimum Gasteiger partial charge on any atom is -0.478 e. The molecule has 3 nitrogen and oxygen atoms in total. The number of rotatable bonds is 5. The number of carboxylic acids is 1. The van der Waals surface area contributed by atoms with Crippen LogP contribution < -0.4 is 4.74 Å². The Labute approximate surface area is 116 Å². The molecule has 0 aliphatic heterocycles. The lowest BCUT2D eigenvalue weighted by molar-refractivity contribution is -0.145. The highest BCUT2D eigenvalue weighted by Crippen LogP contribution is 2.16. The smallest absolute Gasteiger partial charge is 0.345 e. The van der Waals surface area contributed by atoms with E-state index in [0.29, 0.717) is 17.2 Å². The average Bonchev–Trinajstić information content (AvgIpc) is 2.41. The summed E-state index contributed by atoms with van der Waals surface area (Å²) in [6, 6.07) is 16.0. The number of hydrogen-bond donors (Lipinski definition) is 1. The van der Waals surface area contributed by atoms with E-state index >= 15 is 0 Å². The molecule has 0 aliphatic rings. The highest BCUT2D eigenvalue weighted by molar-refractivity contribution is 6.30. The Bertz CT molecular complexity index is 537. The van der Waals surface area contributed by atoms with Crippen LogP contribution in [0.2, 0.25) is 5.02 Å². The van der Waals surface area contributed by atoms with Gasteiger partial charge in [-0.3, -0.25) is 0 Å². The lowest BCUT2D eigenvalue weighted by Crippen LogP contribution is -2.29. The van der Waals surface area contributed by atoms with E-state index in [-0.39, 0.29) is 0 Å². The summed E-state index contributed by atoms with van der Waals surface area (Å²) >= 11 is 5.79. The summed E-state index contributed by atoms with van der Waals surface area (Å²) in [6.45, 7) is 0. The first-order valence-corrected chi connectivity index (χ1v) is 6.22. The van der Waals surface area contributed by atoms with Crippen LogP contribution in [0.15, 0.2) is 54.6 Å². The third kappa shape index (κ3) is 4.00. The molecule has 0 fully saturated rings. The zero-order valence-corrected chi connectivity index (χ0v) is 10.9. The molecule has 0 unspecified atom stereocenters. The van der Waals surface area contributed by atoms with Crippen LogP contribution in [0.3, 0.4) is 0 Å². The first-order chi connectivity index (χ1) is 9.15. The van der Waals surface area contributed by atoms with Gasteiger partial charge in [-0.2, -0.15) is 0 Å². The number of benzene rings is 2. The Balaban J connectivity index is 2.08. The normalized spacial score (nSPS) is 11.8. The van der Waals surface area contributed by atoms with Crippen molar-refractivity contribution in [2.75, 3.05) is 0 Å².